The molecule has 0 amide bonds. The van der Waals surface area contributed by atoms with E-state index < -0.39 is 0 Å². The van der Waals surface area contributed by atoms with E-state index in [1.807, 2.05) is 36.4 Å². The zero-order valence-electron chi connectivity index (χ0n) is 8.79. The van der Waals surface area contributed by atoms with E-state index in [1.165, 1.54) is 0 Å². The summed E-state index contributed by atoms with van der Waals surface area (Å²) in [6, 6.07) is 9.97. The van der Waals surface area contributed by atoms with E-state index in [1.54, 1.807) is 6.92 Å². The lowest BCUT2D eigenvalue weighted by Gasteiger charge is -2.01. The van der Waals surface area contributed by atoms with Crippen LogP contribution in [0.15, 0.2) is 35.9 Å². The topological polar surface area (TPSA) is 17.1 Å². The average Bonchev–Trinajstić information content (AvgIpc) is 2.18. The fourth-order valence-corrected chi connectivity index (χ4v) is 1.37. The Labute approximate surface area is 85.5 Å². The van der Waals surface area contributed by atoms with Gasteiger partial charge in [-0.2, -0.15) is 0 Å². The van der Waals surface area contributed by atoms with E-state index in [2.05, 4.69) is 6.92 Å². The molecule has 1 nitrogen and oxygen atoms in total. The molecule has 74 valence electrons. The first-order chi connectivity index (χ1) is 6.74. The first kappa shape index (κ1) is 10.7. The lowest BCUT2D eigenvalue weighted by molar-refractivity contribution is -0.113. The smallest absolute Gasteiger partial charge is 0.155 e. The Morgan fingerprint density at radius 2 is 1.93 bits per heavy atom. The van der Waals surface area contributed by atoms with Gasteiger partial charge in [-0.1, -0.05) is 43.7 Å². The van der Waals surface area contributed by atoms with Gasteiger partial charge in [0, 0.05) is 0 Å². The van der Waals surface area contributed by atoms with Crippen molar-refractivity contribution in [2.24, 2.45) is 0 Å². The number of allylic oxidation sites excluding steroid dienone is 1. The summed E-state index contributed by atoms with van der Waals surface area (Å²) in [4.78, 5) is 11.3. The quantitative estimate of drug-likeness (QED) is 0.661. The van der Waals surface area contributed by atoms with Crippen LogP contribution in [-0.4, -0.2) is 5.78 Å². The maximum Gasteiger partial charge on any atom is 0.155 e. The number of hydrogen-bond acceptors (Lipinski definition) is 1. The van der Waals surface area contributed by atoms with Crippen molar-refractivity contribution in [1.82, 2.24) is 0 Å². The van der Waals surface area contributed by atoms with Gasteiger partial charge in [-0.3, -0.25) is 4.79 Å². The molecule has 0 aliphatic heterocycles. The minimum atomic E-state index is 0.177. The molecule has 0 radical (unpaired) electrons. The fraction of sp³-hybridized carbons (Fsp3) is 0.308. The van der Waals surface area contributed by atoms with Crippen LogP contribution in [0.5, 0.6) is 0 Å². The average molecular weight is 188 g/mol. The highest BCUT2D eigenvalue weighted by atomic mass is 16.1. The Morgan fingerprint density at radius 1 is 1.29 bits per heavy atom. The summed E-state index contributed by atoms with van der Waals surface area (Å²) >= 11 is 0. The fourth-order valence-electron chi connectivity index (χ4n) is 1.37. The largest absolute Gasteiger partial charge is 0.295 e. The van der Waals surface area contributed by atoms with Crippen molar-refractivity contribution in [3.05, 3.63) is 41.5 Å². The third-order valence-corrected chi connectivity index (χ3v) is 2.11. The summed E-state index contributed by atoms with van der Waals surface area (Å²) in [6.07, 6.45) is 3.86. The molecule has 0 heterocycles. The van der Waals surface area contributed by atoms with Crippen molar-refractivity contribution in [1.29, 1.82) is 0 Å². The van der Waals surface area contributed by atoms with Gasteiger partial charge >= 0.3 is 0 Å². The van der Waals surface area contributed by atoms with Crippen LogP contribution in [0, 0.1) is 0 Å². The second-order valence-corrected chi connectivity index (χ2v) is 3.39. The number of Topliss-reactive ketones (excluding diaryl/α,β-unsaturated/α-hetero) is 1. The Kier molecular flexibility index (Phi) is 4.11. The molecule has 1 rings (SSSR count). The van der Waals surface area contributed by atoms with Gasteiger partial charge in [-0.05, 0) is 30.6 Å². The van der Waals surface area contributed by atoms with E-state index >= 15 is 0 Å². The zero-order chi connectivity index (χ0) is 10.4. The molecule has 0 spiro atoms. The summed E-state index contributed by atoms with van der Waals surface area (Å²) in [5, 5.41) is 0. The van der Waals surface area contributed by atoms with Crippen LogP contribution < -0.4 is 0 Å². The standard InChI is InChI=1S/C13H16O/c1-3-7-13(11(2)14)10-12-8-5-4-6-9-12/h4-6,8-10H,3,7H2,1-2H3. The van der Waals surface area contributed by atoms with Crippen molar-refractivity contribution < 1.29 is 4.79 Å². The molecule has 0 bridgehead atoms. The van der Waals surface area contributed by atoms with Gasteiger partial charge in [0.1, 0.15) is 0 Å². The summed E-state index contributed by atoms with van der Waals surface area (Å²) in [6.45, 7) is 3.71. The number of rotatable bonds is 4. The van der Waals surface area contributed by atoms with Crippen LogP contribution in [0.4, 0.5) is 0 Å². The van der Waals surface area contributed by atoms with Gasteiger partial charge in [-0.15, -0.1) is 0 Å². The van der Waals surface area contributed by atoms with Crippen LogP contribution in [-0.2, 0) is 4.79 Å². The number of carbonyl (C=O) groups excluding carboxylic acids is 1. The van der Waals surface area contributed by atoms with E-state index in [9.17, 15) is 4.79 Å². The Hall–Kier alpha value is -1.37. The first-order valence-corrected chi connectivity index (χ1v) is 5.00. The molecule has 14 heavy (non-hydrogen) atoms. The summed E-state index contributed by atoms with van der Waals surface area (Å²) < 4.78 is 0. The highest BCUT2D eigenvalue weighted by Crippen LogP contribution is 2.12. The van der Waals surface area contributed by atoms with E-state index in [-0.39, 0.29) is 5.78 Å². The molecule has 0 aliphatic carbocycles. The normalized spacial score (nSPS) is 11.4. The van der Waals surface area contributed by atoms with Crippen molar-refractivity contribution >= 4 is 11.9 Å². The maximum absolute atomic E-state index is 11.3. The molecule has 0 aliphatic rings. The molecule has 0 saturated carbocycles. The van der Waals surface area contributed by atoms with Gasteiger partial charge in [0.05, 0.1) is 0 Å². The molecule has 0 N–H and O–H groups in total. The van der Waals surface area contributed by atoms with E-state index in [0.29, 0.717) is 0 Å². The van der Waals surface area contributed by atoms with Crippen molar-refractivity contribution in [2.75, 3.05) is 0 Å². The molecule has 0 unspecified atom stereocenters. The number of hydrogen-bond donors (Lipinski definition) is 0. The predicted octanol–water partition coefficient (Wildman–Crippen LogP) is 3.46. The third-order valence-electron chi connectivity index (χ3n) is 2.11. The van der Waals surface area contributed by atoms with Gasteiger partial charge in [0.25, 0.3) is 0 Å². The molecule has 0 atom stereocenters. The summed E-state index contributed by atoms with van der Waals surface area (Å²) in [5.41, 5.74) is 2.02. The highest BCUT2D eigenvalue weighted by Gasteiger charge is 2.01. The molecule has 0 saturated heterocycles. The number of carbonyl (C=O) groups is 1. The Bertz CT molecular complexity index is 322. The molecule has 1 heteroatoms. The van der Waals surface area contributed by atoms with Crippen molar-refractivity contribution in [3.8, 4) is 0 Å². The van der Waals surface area contributed by atoms with Crippen molar-refractivity contribution in [2.45, 2.75) is 26.7 Å². The van der Waals surface area contributed by atoms with Gasteiger partial charge < -0.3 is 0 Å². The lowest BCUT2D eigenvalue weighted by Crippen LogP contribution is -1.95. The lowest BCUT2D eigenvalue weighted by atomic mass is 10.0. The van der Waals surface area contributed by atoms with Crippen LogP contribution in [0.3, 0.4) is 0 Å². The Morgan fingerprint density at radius 3 is 2.43 bits per heavy atom. The van der Waals surface area contributed by atoms with Crippen LogP contribution in [0.1, 0.15) is 32.3 Å². The molecule has 1 aromatic rings. The second-order valence-electron chi connectivity index (χ2n) is 3.39. The zero-order valence-corrected chi connectivity index (χ0v) is 8.79. The summed E-state index contributed by atoms with van der Waals surface area (Å²) in [5.74, 6) is 0.177. The van der Waals surface area contributed by atoms with Crippen LogP contribution >= 0.6 is 0 Å². The van der Waals surface area contributed by atoms with Crippen molar-refractivity contribution in [3.63, 3.8) is 0 Å². The third kappa shape index (κ3) is 3.17. The van der Waals surface area contributed by atoms with Gasteiger partial charge in [0.2, 0.25) is 0 Å². The number of benzene rings is 1. The molecule has 0 fully saturated rings. The highest BCUT2D eigenvalue weighted by molar-refractivity contribution is 5.97. The van der Waals surface area contributed by atoms with E-state index in [0.717, 1.165) is 24.0 Å². The van der Waals surface area contributed by atoms with E-state index in [4.69, 9.17) is 0 Å². The minimum Gasteiger partial charge on any atom is -0.295 e. The molecular formula is C13H16O. The first-order valence-electron chi connectivity index (χ1n) is 5.00. The molecule has 1 aromatic carbocycles. The second kappa shape index (κ2) is 5.38. The summed E-state index contributed by atoms with van der Waals surface area (Å²) in [7, 11) is 0. The minimum absolute atomic E-state index is 0.177. The Balaban J connectivity index is 2.88. The maximum atomic E-state index is 11.3. The van der Waals surface area contributed by atoms with Gasteiger partial charge in [-0.25, -0.2) is 0 Å². The van der Waals surface area contributed by atoms with Crippen LogP contribution in [0.2, 0.25) is 0 Å². The van der Waals surface area contributed by atoms with Gasteiger partial charge in [0.15, 0.2) is 5.78 Å². The molecule has 0 aromatic heterocycles. The van der Waals surface area contributed by atoms with Crippen LogP contribution in [0.25, 0.3) is 6.08 Å². The predicted molar refractivity (Wildman–Crippen MR) is 60.0 cm³/mol. The monoisotopic (exact) mass is 188 g/mol. The SMILES string of the molecule is CCCC(=Cc1ccccc1)C(C)=O. The molecular weight excluding hydrogens is 172 g/mol. The number of ketones is 1.